The van der Waals surface area contributed by atoms with Crippen molar-refractivity contribution >= 4 is 28.2 Å². The van der Waals surface area contributed by atoms with Gasteiger partial charge in [0.25, 0.3) is 0 Å². The second-order valence-electron chi connectivity index (χ2n) is 8.04. The first-order valence-corrected chi connectivity index (χ1v) is 10.4. The monoisotopic (exact) mass is 409 g/mol. The topological polar surface area (TPSA) is 73.2 Å². The third-order valence-corrected chi connectivity index (χ3v) is 5.61. The number of nitrogens with zero attached hydrogens (tertiary/aromatic N) is 2. The van der Waals surface area contributed by atoms with Crippen LogP contribution in [0.5, 0.6) is 5.75 Å². The fraction of sp³-hybridized carbons (Fsp3) is 0.318. The molecule has 2 aromatic heterocycles. The number of anilines is 1. The van der Waals surface area contributed by atoms with Gasteiger partial charge in [0.2, 0.25) is 5.91 Å². The van der Waals surface area contributed by atoms with Crippen LogP contribution in [0.2, 0.25) is 0 Å². The summed E-state index contributed by atoms with van der Waals surface area (Å²) in [4.78, 5) is 30.0. The Morgan fingerprint density at radius 2 is 2.00 bits per heavy atom. The Morgan fingerprint density at radius 3 is 2.72 bits per heavy atom. The van der Waals surface area contributed by atoms with Crippen molar-refractivity contribution in [2.24, 2.45) is 0 Å². The summed E-state index contributed by atoms with van der Waals surface area (Å²) >= 11 is 1.42. The molecule has 0 aliphatic carbocycles. The van der Waals surface area contributed by atoms with Crippen LogP contribution in [0.1, 0.15) is 50.1 Å². The maximum atomic E-state index is 12.8. The van der Waals surface area contributed by atoms with Crippen LogP contribution in [0.25, 0.3) is 10.4 Å². The first kappa shape index (κ1) is 19.4. The van der Waals surface area contributed by atoms with Gasteiger partial charge in [0.05, 0.1) is 10.6 Å². The van der Waals surface area contributed by atoms with E-state index in [1.165, 1.54) is 11.3 Å². The van der Waals surface area contributed by atoms with Gasteiger partial charge in [-0.25, -0.2) is 4.98 Å². The van der Waals surface area contributed by atoms with Gasteiger partial charge in [-0.1, -0.05) is 11.3 Å². The molecule has 0 unspecified atom stereocenters. The highest BCUT2D eigenvalue weighted by Gasteiger charge is 2.30. The molecule has 1 aliphatic rings. The van der Waals surface area contributed by atoms with E-state index in [0.29, 0.717) is 23.7 Å². The van der Waals surface area contributed by atoms with Crippen molar-refractivity contribution in [1.82, 2.24) is 9.55 Å². The van der Waals surface area contributed by atoms with Crippen molar-refractivity contribution in [3.05, 3.63) is 54.5 Å². The van der Waals surface area contributed by atoms with Gasteiger partial charge in [0.1, 0.15) is 17.4 Å². The number of carbonyl (C=O) groups excluding carboxylic acids is 2. The van der Waals surface area contributed by atoms with Crippen LogP contribution in [0.15, 0.2) is 48.8 Å². The lowest BCUT2D eigenvalue weighted by atomic mass is 10.0. The van der Waals surface area contributed by atoms with Crippen molar-refractivity contribution in [1.29, 1.82) is 0 Å². The van der Waals surface area contributed by atoms with E-state index < -0.39 is 0 Å². The number of nitrogens with one attached hydrogen (secondary N) is 1. The molecular weight excluding hydrogens is 386 g/mol. The molecule has 150 valence electrons. The van der Waals surface area contributed by atoms with Crippen LogP contribution >= 0.6 is 11.3 Å². The smallest absolute Gasteiger partial charge is 0.249 e. The molecule has 1 atom stereocenters. The van der Waals surface area contributed by atoms with E-state index in [4.69, 9.17) is 4.74 Å². The number of Topliss-reactive ketones (excluding diaryl/α,β-unsaturated/α-hetero) is 1. The van der Waals surface area contributed by atoms with Crippen LogP contribution in [0, 0.1) is 0 Å². The zero-order valence-electron chi connectivity index (χ0n) is 16.6. The van der Waals surface area contributed by atoms with Gasteiger partial charge in [-0.05, 0) is 69.2 Å². The lowest BCUT2D eigenvalue weighted by Crippen LogP contribution is -2.31. The maximum Gasteiger partial charge on any atom is 0.249 e. The van der Waals surface area contributed by atoms with E-state index in [-0.39, 0.29) is 23.3 Å². The number of rotatable bonds is 4. The van der Waals surface area contributed by atoms with Gasteiger partial charge in [-0.2, -0.15) is 0 Å². The van der Waals surface area contributed by atoms with E-state index in [2.05, 4.69) is 10.3 Å². The molecule has 0 saturated heterocycles. The largest absolute Gasteiger partial charge is 0.488 e. The molecule has 0 saturated carbocycles. The van der Waals surface area contributed by atoms with Crippen molar-refractivity contribution in [3.63, 3.8) is 0 Å². The number of aromatic nitrogens is 2. The maximum absolute atomic E-state index is 12.8. The molecule has 29 heavy (non-hydrogen) atoms. The summed E-state index contributed by atoms with van der Waals surface area (Å²) in [6.07, 6.45) is 4.42. The van der Waals surface area contributed by atoms with Crippen LogP contribution in [-0.2, 0) is 4.79 Å². The van der Waals surface area contributed by atoms with E-state index in [1.54, 1.807) is 29.1 Å². The second kappa shape index (κ2) is 7.48. The standard InChI is InChI=1S/C22H23N3O3S/c1-22(2,3)28-15-8-6-14(7-9-15)19-13-23-21(29-19)24-20(27)17-10-11-18(26)16-5-4-12-25(16)17/h4-9,12-13,17H,10-11H2,1-3H3,(H,23,24,27)/t17-/m1/s1. The predicted molar refractivity (Wildman–Crippen MR) is 114 cm³/mol. The average Bonchev–Trinajstić information content (AvgIpc) is 3.31. The molecule has 3 aromatic rings. The molecule has 3 heterocycles. The summed E-state index contributed by atoms with van der Waals surface area (Å²) in [5.74, 6) is 0.743. The minimum Gasteiger partial charge on any atom is -0.488 e. The zero-order chi connectivity index (χ0) is 20.6. The molecule has 0 spiro atoms. The highest BCUT2D eigenvalue weighted by Crippen LogP contribution is 2.32. The van der Waals surface area contributed by atoms with E-state index in [0.717, 1.165) is 16.2 Å². The summed E-state index contributed by atoms with van der Waals surface area (Å²) in [6, 6.07) is 11.0. The summed E-state index contributed by atoms with van der Waals surface area (Å²) in [7, 11) is 0. The van der Waals surface area contributed by atoms with Crippen LogP contribution in [0.4, 0.5) is 5.13 Å². The second-order valence-corrected chi connectivity index (χ2v) is 9.07. The summed E-state index contributed by atoms with van der Waals surface area (Å²) in [6.45, 7) is 6.04. The zero-order valence-corrected chi connectivity index (χ0v) is 17.5. The number of benzene rings is 1. The predicted octanol–water partition coefficient (Wildman–Crippen LogP) is 4.95. The highest BCUT2D eigenvalue weighted by atomic mass is 32.1. The molecule has 4 rings (SSSR count). The fourth-order valence-electron chi connectivity index (χ4n) is 3.39. The van der Waals surface area contributed by atoms with Gasteiger partial charge in [-0.15, -0.1) is 0 Å². The lowest BCUT2D eigenvalue weighted by molar-refractivity contribution is -0.119. The molecule has 7 heteroatoms. The van der Waals surface area contributed by atoms with Gasteiger partial charge >= 0.3 is 0 Å². The molecule has 6 nitrogen and oxygen atoms in total. The number of ether oxygens (including phenoxy) is 1. The van der Waals surface area contributed by atoms with Gasteiger partial charge < -0.3 is 14.6 Å². The number of thiazole rings is 1. The molecule has 0 fully saturated rings. The summed E-state index contributed by atoms with van der Waals surface area (Å²) < 4.78 is 7.61. The summed E-state index contributed by atoms with van der Waals surface area (Å²) in [5, 5.41) is 3.45. The minimum absolute atomic E-state index is 0.0782. The molecular formula is C22H23N3O3S. The van der Waals surface area contributed by atoms with Gasteiger partial charge in [0.15, 0.2) is 10.9 Å². The Bertz CT molecular complexity index is 1040. The third kappa shape index (κ3) is 4.24. The molecule has 0 bridgehead atoms. The number of hydrogen-bond acceptors (Lipinski definition) is 5. The van der Waals surface area contributed by atoms with Crippen molar-refractivity contribution in [2.75, 3.05) is 5.32 Å². The van der Waals surface area contributed by atoms with E-state index in [9.17, 15) is 9.59 Å². The number of ketones is 1. The van der Waals surface area contributed by atoms with Crippen molar-refractivity contribution in [3.8, 4) is 16.2 Å². The van der Waals surface area contributed by atoms with E-state index >= 15 is 0 Å². The van der Waals surface area contributed by atoms with Crippen molar-refractivity contribution in [2.45, 2.75) is 45.3 Å². The van der Waals surface area contributed by atoms with E-state index in [1.807, 2.05) is 45.0 Å². The molecule has 1 N–H and O–H groups in total. The molecule has 1 aliphatic heterocycles. The molecule has 0 radical (unpaired) electrons. The van der Waals surface area contributed by atoms with Gasteiger partial charge in [-0.3, -0.25) is 9.59 Å². The first-order chi connectivity index (χ1) is 13.8. The Hall–Kier alpha value is -2.93. The van der Waals surface area contributed by atoms with Crippen LogP contribution in [-0.4, -0.2) is 26.8 Å². The molecule has 1 aromatic carbocycles. The minimum atomic E-state index is -0.390. The van der Waals surface area contributed by atoms with Crippen molar-refractivity contribution < 1.29 is 14.3 Å². The average molecular weight is 410 g/mol. The summed E-state index contributed by atoms with van der Waals surface area (Å²) in [5.41, 5.74) is 1.36. The lowest BCUT2D eigenvalue weighted by Gasteiger charge is -2.24. The Balaban J connectivity index is 1.45. The first-order valence-electron chi connectivity index (χ1n) is 9.56. The number of carbonyl (C=O) groups is 2. The quantitative estimate of drug-likeness (QED) is 0.662. The third-order valence-electron chi connectivity index (χ3n) is 4.65. The fourth-order valence-corrected chi connectivity index (χ4v) is 4.21. The molecule has 1 amide bonds. The Morgan fingerprint density at radius 1 is 1.24 bits per heavy atom. The van der Waals surface area contributed by atoms with Crippen LogP contribution in [0.3, 0.4) is 0 Å². The Kier molecular flexibility index (Phi) is 5.00. The number of fused-ring (bicyclic) bond motifs is 1. The number of amides is 1. The Labute approximate surface area is 173 Å². The number of hydrogen-bond donors (Lipinski definition) is 1. The SMILES string of the molecule is CC(C)(C)Oc1ccc(-c2cnc(NC(=O)[C@H]3CCC(=O)c4cccn43)s2)cc1. The van der Waals surface area contributed by atoms with Crippen LogP contribution < -0.4 is 10.1 Å². The normalized spacial score (nSPS) is 16.4. The highest BCUT2D eigenvalue weighted by molar-refractivity contribution is 7.19. The van der Waals surface area contributed by atoms with Gasteiger partial charge in [0, 0.05) is 18.8 Å².